The molecule has 1 saturated heterocycles. The highest BCUT2D eigenvalue weighted by Gasteiger charge is 2.30. The number of aromatic nitrogens is 1. The van der Waals surface area contributed by atoms with Crippen molar-refractivity contribution >= 4 is 33.3 Å². The van der Waals surface area contributed by atoms with Crippen molar-refractivity contribution in [1.82, 2.24) is 9.29 Å². The highest BCUT2D eigenvalue weighted by atomic mass is 35.5. The fourth-order valence-corrected chi connectivity index (χ4v) is 4.56. The number of benzene rings is 1. The summed E-state index contributed by atoms with van der Waals surface area (Å²) >= 11 is 0. The van der Waals surface area contributed by atoms with Crippen LogP contribution in [0.3, 0.4) is 0 Å². The van der Waals surface area contributed by atoms with E-state index >= 15 is 0 Å². The van der Waals surface area contributed by atoms with Gasteiger partial charge in [-0.15, -0.1) is 12.4 Å². The average Bonchev–Trinajstić information content (AvgIpc) is 2.47. The number of hydrogen-bond acceptors (Lipinski definition) is 4. The molecule has 1 aliphatic rings. The number of fused-ring (bicyclic) bond motifs is 1. The normalized spacial score (nSPS) is 19.8. The number of sulfonamides is 1. The molecule has 1 unspecified atom stereocenters. The predicted molar refractivity (Wildman–Crippen MR) is 89.7 cm³/mol. The smallest absolute Gasteiger partial charge is 0.243 e. The van der Waals surface area contributed by atoms with Crippen LogP contribution in [-0.4, -0.2) is 36.8 Å². The van der Waals surface area contributed by atoms with Crippen molar-refractivity contribution in [3.63, 3.8) is 0 Å². The maximum absolute atomic E-state index is 12.9. The van der Waals surface area contributed by atoms with Gasteiger partial charge in [-0.2, -0.15) is 4.31 Å². The fourth-order valence-electron chi connectivity index (χ4n) is 2.84. The van der Waals surface area contributed by atoms with E-state index in [0.717, 1.165) is 23.9 Å². The zero-order valence-electron chi connectivity index (χ0n) is 12.4. The second kappa shape index (κ2) is 6.50. The van der Waals surface area contributed by atoms with Gasteiger partial charge in [0.2, 0.25) is 10.0 Å². The lowest BCUT2D eigenvalue weighted by Crippen LogP contribution is -2.45. The average molecular weight is 342 g/mol. The minimum atomic E-state index is -3.52. The van der Waals surface area contributed by atoms with E-state index in [2.05, 4.69) is 4.98 Å². The van der Waals surface area contributed by atoms with Crippen molar-refractivity contribution in [1.29, 1.82) is 0 Å². The molecule has 0 amide bonds. The molecule has 0 radical (unpaired) electrons. The van der Waals surface area contributed by atoms with Gasteiger partial charge in [-0.3, -0.25) is 4.98 Å². The SMILES string of the molecule is Cc1ccc(S(=O)(=O)N2CCCC(N)C2)c2cccnc12.Cl. The van der Waals surface area contributed by atoms with E-state index in [-0.39, 0.29) is 18.4 Å². The fraction of sp³-hybridized carbons (Fsp3) is 0.400. The molecule has 22 heavy (non-hydrogen) atoms. The van der Waals surface area contributed by atoms with Gasteiger partial charge in [-0.05, 0) is 43.5 Å². The van der Waals surface area contributed by atoms with Gasteiger partial charge in [-0.1, -0.05) is 6.07 Å². The molecule has 1 aromatic carbocycles. The molecule has 7 heteroatoms. The van der Waals surface area contributed by atoms with Gasteiger partial charge in [0.05, 0.1) is 10.4 Å². The van der Waals surface area contributed by atoms with Crippen LogP contribution < -0.4 is 5.73 Å². The molecule has 2 heterocycles. The van der Waals surface area contributed by atoms with Crippen molar-refractivity contribution in [2.24, 2.45) is 5.73 Å². The molecule has 1 atom stereocenters. The maximum atomic E-state index is 12.9. The van der Waals surface area contributed by atoms with Gasteiger partial charge in [0.15, 0.2) is 0 Å². The van der Waals surface area contributed by atoms with Crippen LogP contribution in [0.25, 0.3) is 10.9 Å². The van der Waals surface area contributed by atoms with Gasteiger partial charge >= 0.3 is 0 Å². The minimum Gasteiger partial charge on any atom is -0.327 e. The van der Waals surface area contributed by atoms with Crippen LogP contribution >= 0.6 is 12.4 Å². The second-order valence-electron chi connectivity index (χ2n) is 5.55. The highest BCUT2D eigenvalue weighted by Crippen LogP contribution is 2.28. The molecule has 0 saturated carbocycles. The third kappa shape index (κ3) is 2.96. The molecule has 1 aliphatic heterocycles. The number of rotatable bonds is 2. The quantitative estimate of drug-likeness (QED) is 0.907. The number of halogens is 1. The lowest BCUT2D eigenvalue weighted by Gasteiger charge is -2.30. The van der Waals surface area contributed by atoms with E-state index in [4.69, 9.17) is 5.73 Å². The first kappa shape index (κ1) is 17.1. The lowest BCUT2D eigenvalue weighted by atomic mass is 10.1. The molecule has 0 bridgehead atoms. The molecule has 1 aromatic heterocycles. The van der Waals surface area contributed by atoms with Crippen LogP contribution in [0.15, 0.2) is 35.4 Å². The Balaban J connectivity index is 0.00000176. The van der Waals surface area contributed by atoms with Crippen LogP contribution in [0.1, 0.15) is 18.4 Å². The summed E-state index contributed by atoms with van der Waals surface area (Å²) in [6.45, 7) is 2.85. The van der Waals surface area contributed by atoms with Crippen molar-refractivity contribution < 1.29 is 8.42 Å². The third-order valence-corrected chi connectivity index (χ3v) is 5.89. The van der Waals surface area contributed by atoms with Crippen molar-refractivity contribution in [2.75, 3.05) is 13.1 Å². The third-order valence-electron chi connectivity index (χ3n) is 3.97. The predicted octanol–water partition coefficient (Wildman–Crippen LogP) is 2.08. The van der Waals surface area contributed by atoms with Crippen molar-refractivity contribution in [3.8, 4) is 0 Å². The molecule has 2 aromatic rings. The van der Waals surface area contributed by atoms with Crippen molar-refractivity contribution in [2.45, 2.75) is 30.7 Å². The summed E-state index contributed by atoms with van der Waals surface area (Å²) in [7, 11) is -3.52. The van der Waals surface area contributed by atoms with Gasteiger partial charge in [0.1, 0.15) is 0 Å². The first-order chi connectivity index (χ1) is 10.00. The first-order valence-corrected chi connectivity index (χ1v) is 8.54. The van der Waals surface area contributed by atoms with Gasteiger partial charge in [-0.25, -0.2) is 8.42 Å². The highest BCUT2D eigenvalue weighted by molar-refractivity contribution is 7.89. The molecule has 120 valence electrons. The van der Waals surface area contributed by atoms with Crippen LogP contribution in [0, 0.1) is 6.92 Å². The summed E-state index contributed by atoms with van der Waals surface area (Å²) in [5, 5.41) is 0.677. The number of piperidine rings is 1. The number of pyridine rings is 1. The molecular formula is C15H20ClN3O2S. The van der Waals surface area contributed by atoms with E-state index in [1.807, 2.05) is 19.1 Å². The molecule has 3 rings (SSSR count). The van der Waals surface area contributed by atoms with Gasteiger partial charge in [0.25, 0.3) is 0 Å². The Hall–Kier alpha value is -1.21. The molecule has 0 aliphatic carbocycles. The summed E-state index contributed by atoms with van der Waals surface area (Å²) in [4.78, 5) is 4.63. The summed E-state index contributed by atoms with van der Waals surface area (Å²) in [5.74, 6) is 0. The molecule has 2 N–H and O–H groups in total. The zero-order chi connectivity index (χ0) is 15.0. The van der Waals surface area contributed by atoms with Gasteiger partial charge in [0, 0.05) is 30.7 Å². The first-order valence-electron chi connectivity index (χ1n) is 7.10. The second-order valence-corrected chi connectivity index (χ2v) is 7.45. The number of hydrogen-bond donors (Lipinski definition) is 1. The summed E-state index contributed by atoms with van der Waals surface area (Å²) < 4.78 is 27.3. The molecule has 5 nitrogen and oxygen atoms in total. The van der Waals surface area contributed by atoms with Crippen molar-refractivity contribution in [3.05, 3.63) is 36.0 Å². The van der Waals surface area contributed by atoms with E-state index in [1.165, 1.54) is 4.31 Å². The van der Waals surface area contributed by atoms with E-state index in [0.29, 0.717) is 23.4 Å². The van der Waals surface area contributed by atoms with E-state index in [1.54, 1.807) is 18.3 Å². The Morgan fingerprint density at radius 1 is 1.32 bits per heavy atom. The molecule has 1 fully saturated rings. The van der Waals surface area contributed by atoms with E-state index in [9.17, 15) is 8.42 Å². The van der Waals surface area contributed by atoms with Gasteiger partial charge < -0.3 is 5.73 Å². The Bertz CT molecular complexity index is 779. The summed E-state index contributed by atoms with van der Waals surface area (Å²) in [6, 6.07) is 6.98. The number of nitrogens with zero attached hydrogens (tertiary/aromatic N) is 2. The Morgan fingerprint density at radius 2 is 2.09 bits per heavy atom. The summed E-state index contributed by atoms with van der Waals surface area (Å²) in [5.41, 5.74) is 7.63. The summed E-state index contributed by atoms with van der Waals surface area (Å²) in [6.07, 6.45) is 3.37. The number of nitrogens with two attached hydrogens (primary N) is 1. The minimum absolute atomic E-state index is 0. The van der Waals surface area contributed by atoms with Crippen LogP contribution in [-0.2, 0) is 10.0 Å². The van der Waals surface area contributed by atoms with E-state index < -0.39 is 10.0 Å². The largest absolute Gasteiger partial charge is 0.327 e. The lowest BCUT2D eigenvalue weighted by molar-refractivity contribution is 0.316. The molecule has 0 spiro atoms. The maximum Gasteiger partial charge on any atom is 0.243 e. The Morgan fingerprint density at radius 3 is 2.82 bits per heavy atom. The van der Waals surface area contributed by atoms with Crippen LogP contribution in [0.2, 0.25) is 0 Å². The van der Waals surface area contributed by atoms with Crippen LogP contribution in [0.4, 0.5) is 0 Å². The Kier molecular flexibility index (Phi) is 5.07. The topological polar surface area (TPSA) is 76.3 Å². The monoisotopic (exact) mass is 341 g/mol. The Labute approximate surface area is 137 Å². The van der Waals surface area contributed by atoms with Crippen LogP contribution in [0.5, 0.6) is 0 Å². The molecular weight excluding hydrogens is 322 g/mol. The standard InChI is InChI=1S/C15H19N3O2S.ClH/c1-11-6-7-14(13-5-2-8-17-15(11)13)21(19,20)18-9-3-4-12(16)10-18;/h2,5-8,12H,3-4,9-10,16H2,1H3;1H. The number of aryl methyl sites for hydroxylation is 1. The zero-order valence-corrected chi connectivity index (χ0v) is 14.0.